The number of hydrogen-bond acceptors (Lipinski definition) is 6. The molecule has 0 radical (unpaired) electrons. The highest BCUT2D eigenvalue weighted by Crippen LogP contribution is 2.40. The standard InChI is InChI=1S/C26H32F3N3O3S/c27-20-8-6-18(16-35-36)22(14-20)23(25(33)34)32-13-10-19(15-32)26(28,29)11-2-1-5-21-9-7-17-4-3-12-30-24(17)31-21/h6-9,14,19,23,36H,1-5,10-13,15-16H2,(H,30,31)(H,33,34)/t19?,23-/m0/s1. The lowest BCUT2D eigenvalue weighted by molar-refractivity contribution is -0.143. The van der Waals surface area contributed by atoms with Crippen LogP contribution in [0.5, 0.6) is 0 Å². The van der Waals surface area contributed by atoms with Crippen LogP contribution in [0.1, 0.15) is 60.5 Å². The number of alkyl halides is 2. The first kappa shape index (κ1) is 26.8. The third-order valence-corrected chi connectivity index (χ3v) is 7.31. The molecule has 0 spiro atoms. The van der Waals surface area contributed by atoms with Crippen molar-refractivity contribution in [3.63, 3.8) is 0 Å². The summed E-state index contributed by atoms with van der Waals surface area (Å²) in [4.78, 5) is 18.3. The van der Waals surface area contributed by atoms with Crippen LogP contribution >= 0.6 is 12.9 Å². The van der Waals surface area contributed by atoms with E-state index in [9.17, 15) is 14.3 Å². The number of nitrogens with one attached hydrogen (secondary N) is 1. The molecule has 1 aromatic heterocycles. The van der Waals surface area contributed by atoms with Gasteiger partial charge in [-0.1, -0.05) is 12.1 Å². The maximum Gasteiger partial charge on any atom is 0.325 e. The van der Waals surface area contributed by atoms with E-state index in [0.717, 1.165) is 37.0 Å². The molecule has 1 aromatic carbocycles. The Hall–Kier alpha value is -2.30. The van der Waals surface area contributed by atoms with Gasteiger partial charge in [-0.25, -0.2) is 18.2 Å². The van der Waals surface area contributed by atoms with E-state index in [2.05, 4.69) is 29.3 Å². The summed E-state index contributed by atoms with van der Waals surface area (Å²) in [6.45, 7) is 1.01. The maximum absolute atomic E-state index is 15.1. The second-order valence-corrected chi connectivity index (χ2v) is 9.90. The lowest BCUT2D eigenvalue weighted by Crippen LogP contribution is -2.36. The van der Waals surface area contributed by atoms with Gasteiger partial charge in [0.15, 0.2) is 0 Å². The summed E-state index contributed by atoms with van der Waals surface area (Å²) < 4.78 is 49.0. The number of carboxylic acid groups (broad SMARTS) is 1. The van der Waals surface area contributed by atoms with Gasteiger partial charge in [0.25, 0.3) is 5.92 Å². The van der Waals surface area contributed by atoms with Crippen molar-refractivity contribution in [2.75, 3.05) is 25.0 Å². The summed E-state index contributed by atoms with van der Waals surface area (Å²) in [7, 11) is 0. The summed E-state index contributed by atoms with van der Waals surface area (Å²) in [5.41, 5.74) is 2.76. The fourth-order valence-electron chi connectivity index (χ4n) is 5.25. The van der Waals surface area contributed by atoms with Crippen LogP contribution in [-0.2, 0) is 28.4 Å². The van der Waals surface area contributed by atoms with Gasteiger partial charge < -0.3 is 14.6 Å². The van der Waals surface area contributed by atoms with Crippen LogP contribution in [-0.4, -0.2) is 46.5 Å². The fourth-order valence-corrected chi connectivity index (χ4v) is 5.39. The molecular formula is C26H32F3N3O3S. The Kier molecular flexibility index (Phi) is 8.79. The number of nitrogens with zero attached hydrogens (tertiary/aromatic N) is 2. The second kappa shape index (κ2) is 11.8. The van der Waals surface area contributed by atoms with Crippen molar-refractivity contribution in [2.45, 2.75) is 63.5 Å². The number of likely N-dealkylation sites (tertiary alicyclic amines) is 1. The van der Waals surface area contributed by atoms with E-state index in [4.69, 9.17) is 4.18 Å². The number of halogens is 3. The summed E-state index contributed by atoms with van der Waals surface area (Å²) >= 11 is 3.71. The van der Waals surface area contributed by atoms with E-state index in [1.54, 1.807) is 0 Å². The first-order chi connectivity index (χ1) is 17.3. The number of aliphatic carboxylic acids is 1. The van der Waals surface area contributed by atoms with Gasteiger partial charge in [-0.05, 0) is 92.9 Å². The summed E-state index contributed by atoms with van der Waals surface area (Å²) in [5.74, 6) is -4.77. The van der Waals surface area contributed by atoms with Gasteiger partial charge in [0, 0.05) is 31.1 Å². The maximum atomic E-state index is 15.1. The fraction of sp³-hybridized carbons (Fsp3) is 0.538. The second-order valence-electron chi connectivity index (χ2n) is 9.65. The van der Waals surface area contributed by atoms with Crippen LogP contribution in [0.15, 0.2) is 30.3 Å². The topological polar surface area (TPSA) is 74.7 Å². The first-order valence-electron chi connectivity index (χ1n) is 12.4. The van der Waals surface area contributed by atoms with Crippen LogP contribution in [0, 0.1) is 11.7 Å². The molecule has 0 bridgehead atoms. The zero-order chi connectivity index (χ0) is 25.7. The smallest absolute Gasteiger partial charge is 0.325 e. The van der Waals surface area contributed by atoms with Crippen LogP contribution in [0.3, 0.4) is 0 Å². The summed E-state index contributed by atoms with van der Waals surface area (Å²) in [6, 6.07) is 6.59. The average Bonchev–Trinajstić information content (AvgIpc) is 3.34. The van der Waals surface area contributed by atoms with Gasteiger partial charge >= 0.3 is 5.97 Å². The minimum Gasteiger partial charge on any atom is -0.480 e. The van der Waals surface area contributed by atoms with Crippen molar-refractivity contribution in [2.24, 2.45) is 5.92 Å². The molecule has 2 N–H and O–H groups in total. The van der Waals surface area contributed by atoms with Gasteiger partial charge in [-0.2, -0.15) is 0 Å². The number of unbranched alkanes of at least 4 members (excludes halogenated alkanes) is 1. The number of rotatable bonds is 11. The van der Waals surface area contributed by atoms with Gasteiger partial charge in [-0.3, -0.25) is 9.69 Å². The van der Waals surface area contributed by atoms with Crippen molar-refractivity contribution in [3.05, 3.63) is 58.5 Å². The number of carbonyl (C=O) groups is 1. The molecule has 2 aliphatic rings. The lowest BCUT2D eigenvalue weighted by Gasteiger charge is -2.28. The normalized spacial score (nSPS) is 19.1. The van der Waals surface area contributed by atoms with Crippen molar-refractivity contribution >= 4 is 24.7 Å². The molecule has 6 nitrogen and oxygen atoms in total. The highest BCUT2D eigenvalue weighted by Gasteiger charge is 2.45. The van der Waals surface area contributed by atoms with E-state index in [1.807, 2.05) is 6.07 Å². The van der Waals surface area contributed by atoms with Crippen LogP contribution in [0.2, 0.25) is 0 Å². The van der Waals surface area contributed by atoms with Gasteiger partial charge in [-0.15, -0.1) is 0 Å². The molecule has 1 fully saturated rings. The van der Waals surface area contributed by atoms with Crippen LogP contribution < -0.4 is 5.32 Å². The Bertz CT molecular complexity index is 1070. The zero-order valence-electron chi connectivity index (χ0n) is 20.1. The third kappa shape index (κ3) is 6.33. The predicted octanol–water partition coefficient (Wildman–Crippen LogP) is 5.44. The van der Waals surface area contributed by atoms with E-state index < -0.39 is 29.7 Å². The molecule has 2 aliphatic heterocycles. The number of aromatic nitrogens is 1. The molecule has 2 aromatic rings. The molecule has 3 heterocycles. The minimum atomic E-state index is -2.92. The summed E-state index contributed by atoms with van der Waals surface area (Å²) in [5, 5.41) is 13.2. The molecule has 10 heteroatoms. The van der Waals surface area contributed by atoms with Crippen molar-refractivity contribution in [1.29, 1.82) is 0 Å². The number of aryl methyl sites for hydroxylation is 2. The number of anilines is 1. The molecule has 1 unspecified atom stereocenters. The van der Waals surface area contributed by atoms with Crippen molar-refractivity contribution in [1.82, 2.24) is 9.88 Å². The van der Waals surface area contributed by atoms with E-state index >= 15 is 8.78 Å². The highest BCUT2D eigenvalue weighted by atomic mass is 32.1. The number of hydrogen-bond donors (Lipinski definition) is 3. The number of pyridine rings is 1. The van der Waals surface area contributed by atoms with Crippen LogP contribution in [0.25, 0.3) is 0 Å². The Morgan fingerprint density at radius 2 is 2.14 bits per heavy atom. The number of fused-ring (bicyclic) bond motifs is 1. The Morgan fingerprint density at radius 3 is 2.92 bits per heavy atom. The number of thiol groups is 1. The summed E-state index contributed by atoms with van der Waals surface area (Å²) in [6.07, 6.45) is 3.61. The van der Waals surface area contributed by atoms with Gasteiger partial charge in [0.1, 0.15) is 17.7 Å². The van der Waals surface area contributed by atoms with Crippen molar-refractivity contribution in [3.8, 4) is 0 Å². The molecule has 196 valence electrons. The Morgan fingerprint density at radius 1 is 1.31 bits per heavy atom. The minimum absolute atomic E-state index is 0.0227. The van der Waals surface area contributed by atoms with Gasteiger partial charge in [0.2, 0.25) is 0 Å². The number of benzene rings is 1. The molecule has 0 amide bonds. The Balaban J connectivity index is 1.34. The lowest BCUT2D eigenvalue weighted by atomic mass is 9.94. The van der Waals surface area contributed by atoms with Gasteiger partial charge in [0.05, 0.1) is 6.61 Å². The number of carboxylic acids is 1. The van der Waals surface area contributed by atoms with E-state index in [-0.39, 0.29) is 38.1 Å². The SMILES string of the molecule is O=C(O)[C@H](c1cc(F)ccc1COS)N1CCC(C(F)(F)CCCCc2ccc3c(n2)NCCC3)C1. The molecular weight excluding hydrogens is 491 g/mol. The van der Waals surface area contributed by atoms with Crippen molar-refractivity contribution < 1.29 is 27.3 Å². The zero-order valence-corrected chi connectivity index (χ0v) is 21.0. The van der Waals surface area contributed by atoms with E-state index in [1.165, 1.54) is 22.6 Å². The average molecular weight is 524 g/mol. The van der Waals surface area contributed by atoms with E-state index in [0.29, 0.717) is 24.8 Å². The molecule has 0 saturated carbocycles. The Labute approximate surface area is 214 Å². The molecule has 4 rings (SSSR count). The predicted molar refractivity (Wildman–Crippen MR) is 134 cm³/mol. The van der Waals surface area contributed by atoms with Crippen LogP contribution in [0.4, 0.5) is 19.0 Å². The molecule has 1 saturated heterocycles. The largest absolute Gasteiger partial charge is 0.480 e. The molecule has 36 heavy (non-hydrogen) atoms. The highest BCUT2D eigenvalue weighted by molar-refractivity contribution is 7.75. The third-order valence-electron chi connectivity index (χ3n) is 7.18. The monoisotopic (exact) mass is 523 g/mol. The first-order valence-corrected chi connectivity index (χ1v) is 12.8. The quantitative estimate of drug-likeness (QED) is 0.207. The molecule has 2 atom stereocenters. The molecule has 0 aliphatic carbocycles.